The SMILES string of the molecule is C[C@@H]1C[C@H](O)CN(C)[C@H]1C. The highest BCUT2D eigenvalue weighted by atomic mass is 16.3. The lowest BCUT2D eigenvalue weighted by Gasteiger charge is -2.37. The first kappa shape index (κ1) is 8.02. The third kappa shape index (κ3) is 1.50. The van der Waals surface area contributed by atoms with Gasteiger partial charge in [-0.05, 0) is 26.3 Å². The number of hydrogen-bond acceptors (Lipinski definition) is 2. The minimum atomic E-state index is -0.101. The van der Waals surface area contributed by atoms with Crippen LogP contribution in [0.4, 0.5) is 0 Å². The molecule has 0 saturated carbocycles. The van der Waals surface area contributed by atoms with Crippen molar-refractivity contribution in [2.24, 2.45) is 5.92 Å². The Balaban J connectivity index is 2.49. The monoisotopic (exact) mass is 143 g/mol. The number of piperidine rings is 1. The largest absolute Gasteiger partial charge is 0.392 e. The fraction of sp³-hybridized carbons (Fsp3) is 1.00. The summed E-state index contributed by atoms with van der Waals surface area (Å²) in [5.74, 6) is 0.633. The molecule has 10 heavy (non-hydrogen) atoms. The van der Waals surface area contributed by atoms with Gasteiger partial charge in [-0.3, -0.25) is 0 Å². The van der Waals surface area contributed by atoms with Gasteiger partial charge in [0.1, 0.15) is 0 Å². The highest BCUT2D eigenvalue weighted by Gasteiger charge is 2.26. The van der Waals surface area contributed by atoms with Crippen LogP contribution in [0.2, 0.25) is 0 Å². The van der Waals surface area contributed by atoms with E-state index in [4.69, 9.17) is 0 Å². The summed E-state index contributed by atoms with van der Waals surface area (Å²) < 4.78 is 0. The maximum absolute atomic E-state index is 9.33. The molecule has 0 aromatic rings. The van der Waals surface area contributed by atoms with Crippen LogP contribution in [0.1, 0.15) is 20.3 Å². The van der Waals surface area contributed by atoms with Crippen molar-refractivity contribution < 1.29 is 5.11 Å². The van der Waals surface area contributed by atoms with Crippen molar-refractivity contribution in [2.75, 3.05) is 13.6 Å². The van der Waals surface area contributed by atoms with Gasteiger partial charge in [0.2, 0.25) is 0 Å². The molecule has 0 spiro atoms. The third-order valence-corrected chi connectivity index (χ3v) is 2.66. The van der Waals surface area contributed by atoms with Gasteiger partial charge in [0.15, 0.2) is 0 Å². The second-order valence-electron chi connectivity index (χ2n) is 3.55. The Morgan fingerprint density at radius 1 is 1.40 bits per heavy atom. The molecule has 2 nitrogen and oxygen atoms in total. The van der Waals surface area contributed by atoms with E-state index in [1.807, 2.05) is 0 Å². The van der Waals surface area contributed by atoms with Crippen LogP contribution in [0.3, 0.4) is 0 Å². The first-order chi connectivity index (χ1) is 4.61. The maximum Gasteiger partial charge on any atom is 0.0670 e. The van der Waals surface area contributed by atoms with Gasteiger partial charge in [-0.2, -0.15) is 0 Å². The number of hydrogen-bond donors (Lipinski definition) is 1. The van der Waals surface area contributed by atoms with E-state index in [9.17, 15) is 5.11 Å². The fourth-order valence-corrected chi connectivity index (χ4v) is 1.63. The van der Waals surface area contributed by atoms with Gasteiger partial charge in [0, 0.05) is 12.6 Å². The van der Waals surface area contributed by atoms with Crippen molar-refractivity contribution in [3.63, 3.8) is 0 Å². The van der Waals surface area contributed by atoms with Crippen molar-refractivity contribution >= 4 is 0 Å². The molecule has 60 valence electrons. The zero-order chi connectivity index (χ0) is 7.72. The molecular formula is C8H17NO. The van der Waals surface area contributed by atoms with Crippen molar-refractivity contribution in [2.45, 2.75) is 32.4 Å². The van der Waals surface area contributed by atoms with Gasteiger partial charge < -0.3 is 10.0 Å². The Labute approximate surface area is 62.8 Å². The highest BCUT2D eigenvalue weighted by Crippen LogP contribution is 2.21. The van der Waals surface area contributed by atoms with Gasteiger partial charge in [-0.1, -0.05) is 6.92 Å². The molecule has 1 fully saturated rings. The Hall–Kier alpha value is -0.0800. The number of aliphatic hydroxyl groups is 1. The summed E-state index contributed by atoms with van der Waals surface area (Å²) in [7, 11) is 2.07. The molecule has 1 aliphatic rings. The van der Waals surface area contributed by atoms with Gasteiger partial charge in [0.25, 0.3) is 0 Å². The van der Waals surface area contributed by atoms with Crippen molar-refractivity contribution in [3.8, 4) is 0 Å². The standard InChI is InChI=1S/C8H17NO/c1-6-4-8(10)5-9(3)7(6)2/h6-8,10H,4-5H2,1-3H3/t6-,7+,8+/m1/s1. The van der Waals surface area contributed by atoms with Gasteiger partial charge >= 0.3 is 0 Å². The summed E-state index contributed by atoms with van der Waals surface area (Å²) in [5.41, 5.74) is 0. The minimum Gasteiger partial charge on any atom is -0.392 e. The molecule has 0 aromatic carbocycles. The van der Waals surface area contributed by atoms with Crippen LogP contribution in [-0.4, -0.2) is 35.7 Å². The highest BCUT2D eigenvalue weighted by molar-refractivity contribution is 4.80. The molecule has 2 heteroatoms. The van der Waals surface area contributed by atoms with Crippen LogP contribution in [0.5, 0.6) is 0 Å². The molecule has 1 N–H and O–H groups in total. The molecule has 0 bridgehead atoms. The lowest BCUT2D eigenvalue weighted by atomic mass is 9.91. The van der Waals surface area contributed by atoms with E-state index in [1.54, 1.807) is 0 Å². The Morgan fingerprint density at radius 2 is 2.00 bits per heavy atom. The lowest BCUT2D eigenvalue weighted by molar-refractivity contribution is 0.0252. The van der Waals surface area contributed by atoms with E-state index in [0.717, 1.165) is 13.0 Å². The Kier molecular flexibility index (Phi) is 2.32. The van der Waals surface area contributed by atoms with E-state index in [0.29, 0.717) is 12.0 Å². The maximum atomic E-state index is 9.33. The molecular weight excluding hydrogens is 126 g/mol. The molecule has 1 heterocycles. The van der Waals surface area contributed by atoms with Crippen LogP contribution in [-0.2, 0) is 0 Å². The normalized spacial score (nSPS) is 43.8. The molecule has 0 amide bonds. The van der Waals surface area contributed by atoms with Gasteiger partial charge in [0.05, 0.1) is 6.10 Å². The summed E-state index contributed by atoms with van der Waals surface area (Å²) in [5, 5.41) is 9.33. The molecule has 0 unspecified atom stereocenters. The van der Waals surface area contributed by atoms with E-state index in [1.165, 1.54) is 0 Å². The second-order valence-corrected chi connectivity index (χ2v) is 3.55. The predicted octanol–water partition coefficient (Wildman–Crippen LogP) is 0.707. The van der Waals surface area contributed by atoms with E-state index >= 15 is 0 Å². The van der Waals surface area contributed by atoms with Crippen LogP contribution in [0.25, 0.3) is 0 Å². The second kappa shape index (κ2) is 2.89. The molecule has 0 aromatic heterocycles. The summed E-state index contributed by atoms with van der Waals surface area (Å²) in [6, 6.07) is 0.628. The smallest absolute Gasteiger partial charge is 0.0670 e. The van der Waals surface area contributed by atoms with Crippen LogP contribution < -0.4 is 0 Å². The lowest BCUT2D eigenvalue weighted by Crippen LogP contribution is -2.46. The van der Waals surface area contributed by atoms with Crippen molar-refractivity contribution in [3.05, 3.63) is 0 Å². The molecule has 1 saturated heterocycles. The summed E-state index contributed by atoms with van der Waals surface area (Å²) in [6.45, 7) is 5.26. The minimum absolute atomic E-state index is 0.101. The number of likely N-dealkylation sites (N-methyl/N-ethyl adjacent to an activating group) is 1. The fourth-order valence-electron chi connectivity index (χ4n) is 1.63. The van der Waals surface area contributed by atoms with Crippen molar-refractivity contribution in [1.82, 2.24) is 4.90 Å². The Bertz CT molecular complexity index is 104. The topological polar surface area (TPSA) is 23.5 Å². The van der Waals surface area contributed by atoms with Crippen LogP contribution in [0, 0.1) is 5.92 Å². The number of nitrogens with zero attached hydrogens (tertiary/aromatic N) is 1. The van der Waals surface area contributed by atoms with Crippen LogP contribution in [0.15, 0.2) is 0 Å². The zero-order valence-corrected chi connectivity index (χ0v) is 7.04. The molecule has 1 rings (SSSR count). The average molecular weight is 143 g/mol. The predicted molar refractivity (Wildman–Crippen MR) is 41.9 cm³/mol. The first-order valence-electron chi connectivity index (χ1n) is 3.99. The average Bonchev–Trinajstić information content (AvgIpc) is 1.82. The number of rotatable bonds is 0. The van der Waals surface area contributed by atoms with Gasteiger partial charge in [-0.15, -0.1) is 0 Å². The number of β-amino-alcohol motifs (C(OH)–C–C–N with tert-alkyl or cyclic N) is 1. The third-order valence-electron chi connectivity index (χ3n) is 2.66. The number of likely N-dealkylation sites (tertiary alicyclic amines) is 1. The van der Waals surface area contributed by atoms with Crippen molar-refractivity contribution in [1.29, 1.82) is 0 Å². The zero-order valence-electron chi connectivity index (χ0n) is 7.04. The van der Waals surface area contributed by atoms with E-state index in [2.05, 4.69) is 25.8 Å². The van der Waals surface area contributed by atoms with E-state index in [-0.39, 0.29) is 6.10 Å². The summed E-state index contributed by atoms with van der Waals surface area (Å²) in [6.07, 6.45) is 0.863. The van der Waals surface area contributed by atoms with Gasteiger partial charge in [-0.25, -0.2) is 0 Å². The van der Waals surface area contributed by atoms with E-state index < -0.39 is 0 Å². The van der Waals surface area contributed by atoms with Crippen LogP contribution >= 0.6 is 0 Å². The molecule has 3 atom stereocenters. The summed E-state index contributed by atoms with van der Waals surface area (Å²) >= 11 is 0. The Morgan fingerprint density at radius 3 is 2.50 bits per heavy atom. The first-order valence-corrected chi connectivity index (χ1v) is 3.99. The molecule has 1 aliphatic heterocycles. The molecule has 0 aliphatic carbocycles. The number of aliphatic hydroxyl groups excluding tert-OH is 1. The summed E-state index contributed by atoms with van der Waals surface area (Å²) in [4.78, 5) is 2.22. The quantitative estimate of drug-likeness (QED) is 0.540. The molecule has 0 radical (unpaired) electrons.